The van der Waals surface area contributed by atoms with Gasteiger partial charge in [0.05, 0.1) is 24.3 Å². The third-order valence-electron chi connectivity index (χ3n) is 6.51. The lowest BCUT2D eigenvalue weighted by atomic mass is 9.89. The van der Waals surface area contributed by atoms with Crippen molar-refractivity contribution in [2.75, 3.05) is 39.7 Å². The fourth-order valence-electron chi connectivity index (χ4n) is 4.44. The van der Waals surface area contributed by atoms with Crippen molar-refractivity contribution in [1.82, 2.24) is 4.58 Å². The summed E-state index contributed by atoms with van der Waals surface area (Å²) >= 11 is 0. The number of ether oxygens (including phenoxy) is 1. The Hall–Kier alpha value is -4.66. The maximum Gasteiger partial charge on any atom is 0.336 e. The molecule has 0 saturated carbocycles. The van der Waals surface area contributed by atoms with Gasteiger partial charge in [-0.25, -0.2) is 14.2 Å². The van der Waals surface area contributed by atoms with E-state index < -0.39 is 11.9 Å². The molecule has 2 N–H and O–H groups in total. The maximum absolute atomic E-state index is 12.2. The number of nitrogens with zero attached hydrogens (tertiary/aromatic N) is 2. The van der Waals surface area contributed by atoms with Crippen LogP contribution in [0.3, 0.4) is 0 Å². The highest BCUT2D eigenvalue weighted by atomic mass is 16.5. The summed E-state index contributed by atoms with van der Waals surface area (Å²) in [7, 11) is 7.08. The summed E-state index contributed by atoms with van der Waals surface area (Å²) in [5, 5.41) is 21.1. The van der Waals surface area contributed by atoms with Crippen LogP contribution < -0.4 is 14.8 Å². The Morgan fingerprint density at radius 1 is 0.947 bits per heavy atom. The van der Waals surface area contributed by atoms with Crippen LogP contribution in [0.5, 0.6) is 0 Å². The van der Waals surface area contributed by atoms with Gasteiger partial charge in [-0.1, -0.05) is 0 Å². The molecule has 0 saturated heterocycles. The van der Waals surface area contributed by atoms with Crippen molar-refractivity contribution in [2.45, 2.75) is 12.8 Å². The van der Waals surface area contributed by atoms with E-state index in [4.69, 9.17) is 9.15 Å². The van der Waals surface area contributed by atoms with E-state index >= 15 is 0 Å². The number of esters is 1. The smallest absolute Gasteiger partial charge is 0.336 e. The van der Waals surface area contributed by atoms with Gasteiger partial charge in [-0.2, -0.15) is 0 Å². The zero-order valence-corrected chi connectivity index (χ0v) is 21.6. The van der Waals surface area contributed by atoms with Gasteiger partial charge < -0.3 is 24.3 Å². The van der Waals surface area contributed by atoms with E-state index in [-0.39, 0.29) is 17.1 Å². The Balaban J connectivity index is 1.97. The molecule has 4 rings (SSSR count). The van der Waals surface area contributed by atoms with E-state index in [1.165, 1.54) is 25.3 Å². The second-order valence-corrected chi connectivity index (χ2v) is 9.20. The van der Waals surface area contributed by atoms with Crippen LogP contribution in [-0.4, -0.2) is 62.9 Å². The van der Waals surface area contributed by atoms with Crippen molar-refractivity contribution in [3.63, 3.8) is 0 Å². The Bertz CT molecular complexity index is 1600. The molecule has 2 aromatic rings. The number of carboxylic acids is 2. The summed E-state index contributed by atoms with van der Waals surface area (Å²) in [5.74, 6) is -2.05. The van der Waals surface area contributed by atoms with Crippen molar-refractivity contribution < 1.29 is 33.8 Å². The summed E-state index contributed by atoms with van der Waals surface area (Å²) in [4.78, 5) is 37.4. The molecule has 0 unspecified atom stereocenters. The molecule has 0 amide bonds. The Labute approximate surface area is 219 Å². The van der Waals surface area contributed by atoms with Gasteiger partial charge in [0.25, 0.3) is 0 Å². The van der Waals surface area contributed by atoms with Crippen LogP contribution in [-0.2, 0) is 9.53 Å². The van der Waals surface area contributed by atoms with Crippen LogP contribution in [0.25, 0.3) is 33.4 Å². The molecule has 0 fully saturated rings. The number of carbonyl (C=O) groups is 3. The zero-order chi connectivity index (χ0) is 27.6. The van der Waals surface area contributed by atoms with Crippen LogP contribution in [0.4, 0.5) is 5.69 Å². The van der Waals surface area contributed by atoms with E-state index in [2.05, 4.69) is 0 Å². The summed E-state index contributed by atoms with van der Waals surface area (Å²) in [6.45, 7) is 0.607. The number of rotatable bonds is 8. The second kappa shape index (κ2) is 10.8. The van der Waals surface area contributed by atoms with Crippen molar-refractivity contribution in [3.8, 4) is 22.5 Å². The van der Waals surface area contributed by atoms with Gasteiger partial charge >= 0.3 is 17.9 Å². The van der Waals surface area contributed by atoms with Gasteiger partial charge in [0.2, 0.25) is 5.36 Å². The average Bonchev–Trinajstić information content (AvgIpc) is 2.90. The van der Waals surface area contributed by atoms with Crippen molar-refractivity contribution in [3.05, 3.63) is 71.1 Å². The molecule has 0 radical (unpaired) electrons. The third kappa shape index (κ3) is 5.22. The van der Waals surface area contributed by atoms with Gasteiger partial charge in [0.15, 0.2) is 0 Å². The highest BCUT2D eigenvalue weighted by Gasteiger charge is 2.23. The van der Waals surface area contributed by atoms with Gasteiger partial charge in [0.1, 0.15) is 25.4 Å². The zero-order valence-electron chi connectivity index (χ0n) is 21.6. The normalized spacial score (nSPS) is 10.9. The number of benzene rings is 3. The van der Waals surface area contributed by atoms with Crippen LogP contribution in [0.2, 0.25) is 0 Å². The maximum atomic E-state index is 12.2. The number of hydrogen-bond acceptors (Lipinski definition) is 6. The molecule has 0 spiro atoms. The van der Waals surface area contributed by atoms with Crippen molar-refractivity contribution in [2.24, 2.45) is 0 Å². The second-order valence-electron chi connectivity index (χ2n) is 9.20. The molecule has 0 atom stereocenters. The molecular weight excluding hydrogens is 488 g/mol. The lowest BCUT2D eigenvalue weighted by molar-refractivity contribution is -0.140. The molecular formula is C29H29N2O7+. The van der Waals surface area contributed by atoms with E-state index in [9.17, 15) is 24.6 Å². The van der Waals surface area contributed by atoms with E-state index in [1.54, 1.807) is 0 Å². The first kappa shape index (κ1) is 26.4. The van der Waals surface area contributed by atoms with Crippen molar-refractivity contribution >= 4 is 34.6 Å². The molecule has 38 heavy (non-hydrogen) atoms. The fourth-order valence-corrected chi connectivity index (χ4v) is 4.44. The van der Waals surface area contributed by atoms with Gasteiger partial charge in [-0.05, 0) is 48.4 Å². The quantitative estimate of drug-likeness (QED) is 0.204. The first-order valence-corrected chi connectivity index (χ1v) is 12.0. The summed E-state index contributed by atoms with van der Waals surface area (Å²) in [6.07, 6.45) is 0.913. The lowest BCUT2D eigenvalue weighted by Crippen LogP contribution is -2.21. The van der Waals surface area contributed by atoms with Crippen LogP contribution in [0, 0.1) is 0 Å². The minimum Gasteiger partial charge on any atom is -0.478 e. The predicted molar refractivity (Wildman–Crippen MR) is 144 cm³/mol. The Kier molecular flexibility index (Phi) is 7.47. The summed E-state index contributed by atoms with van der Waals surface area (Å²) < 4.78 is 13.0. The SMILES string of the molecule is COC(=O)CCCN(C)c1ccc2c(-c3cc(C(=O)O)ccc3C(=O)O)c3ccc(=[N+](C)C)cc-3oc2c1. The molecule has 0 aromatic heterocycles. The predicted octanol–water partition coefficient (Wildman–Crippen LogP) is 4.02. The number of carboxylic acid groups (broad SMARTS) is 2. The number of carbonyl (C=O) groups excluding carboxylic acids is 1. The van der Waals surface area contributed by atoms with Crippen LogP contribution >= 0.6 is 0 Å². The number of aromatic carboxylic acids is 2. The number of methoxy groups -OCH3 is 1. The molecule has 2 aliphatic rings. The standard InChI is InChI=1S/C29H28N2O7/c1-30(2)18-8-11-21-24(15-18)38-25-16-19(31(3)13-5-6-26(32)37-4)9-12-22(25)27(21)23-14-17(28(33)34)7-10-20(23)29(35)36/h7-12,14-16H,5-6,13H2,1-4H3,(H-,33,34,35,36)/p+1. The molecule has 9 heteroatoms. The van der Waals surface area contributed by atoms with E-state index in [0.29, 0.717) is 52.8 Å². The van der Waals surface area contributed by atoms with Gasteiger partial charge in [-0.3, -0.25) is 4.79 Å². The first-order chi connectivity index (χ1) is 18.1. The highest BCUT2D eigenvalue weighted by Crippen LogP contribution is 2.42. The average molecular weight is 518 g/mol. The fraction of sp³-hybridized carbons (Fsp3) is 0.241. The Morgan fingerprint density at radius 2 is 1.71 bits per heavy atom. The van der Waals surface area contributed by atoms with Crippen LogP contribution in [0.1, 0.15) is 33.6 Å². The number of anilines is 1. The summed E-state index contributed by atoms with van der Waals surface area (Å²) in [5.41, 5.74) is 2.86. The molecule has 9 nitrogen and oxygen atoms in total. The summed E-state index contributed by atoms with van der Waals surface area (Å²) in [6, 6.07) is 15.2. The lowest BCUT2D eigenvalue weighted by Gasteiger charge is -2.21. The number of fused-ring (bicyclic) bond motifs is 2. The van der Waals surface area contributed by atoms with Gasteiger partial charge in [0, 0.05) is 54.3 Å². The van der Waals surface area contributed by atoms with Crippen LogP contribution in [0.15, 0.2) is 59.0 Å². The molecule has 1 heterocycles. The molecule has 196 valence electrons. The highest BCUT2D eigenvalue weighted by molar-refractivity contribution is 6.09. The van der Waals surface area contributed by atoms with Gasteiger partial charge in [-0.15, -0.1) is 0 Å². The molecule has 1 aliphatic heterocycles. The van der Waals surface area contributed by atoms with E-state index in [0.717, 1.165) is 11.0 Å². The topological polar surface area (TPSA) is 120 Å². The molecule has 1 aliphatic carbocycles. The Morgan fingerprint density at radius 3 is 2.37 bits per heavy atom. The molecule has 0 bridgehead atoms. The minimum absolute atomic E-state index is 0.00973. The van der Waals surface area contributed by atoms with Crippen molar-refractivity contribution in [1.29, 1.82) is 0 Å². The third-order valence-corrected chi connectivity index (χ3v) is 6.51. The minimum atomic E-state index is -1.16. The van der Waals surface area contributed by atoms with E-state index in [1.807, 2.05) is 67.0 Å². The largest absolute Gasteiger partial charge is 0.478 e. The monoisotopic (exact) mass is 517 g/mol. The number of hydrogen-bond donors (Lipinski definition) is 2. The molecule has 2 aromatic carbocycles. The first-order valence-electron chi connectivity index (χ1n) is 12.0.